The molecule has 0 aromatic heterocycles. The quantitative estimate of drug-likeness (QED) is 0.943. The van der Waals surface area contributed by atoms with Crippen molar-refractivity contribution in [3.05, 3.63) is 53.8 Å². The molecule has 0 aliphatic rings. The van der Waals surface area contributed by atoms with Crippen molar-refractivity contribution in [2.45, 2.75) is 11.8 Å². The second-order valence-electron chi connectivity index (χ2n) is 4.27. The summed E-state index contributed by atoms with van der Waals surface area (Å²) in [7, 11) is -2.58. The van der Waals surface area contributed by atoms with Crippen LogP contribution < -0.4 is 9.46 Å². The van der Waals surface area contributed by atoms with Gasteiger partial charge in [0.25, 0.3) is 10.0 Å². The van der Waals surface area contributed by atoms with E-state index in [2.05, 4.69) is 4.72 Å². The van der Waals surface area contributed by atoms with E-state index in [9.17, 15) is 12.8 Å². The Labute approximate surface area is 117 Å². The van der Waals surface area contributed by atoms with Crippen LogP contribution in [-0.2, 0) is 10.0 Å². The molecular weight excluding hydrogens is 281 g/mol. The number of halogens is 1. The van der Waals surface area contributed by atoms with E-state index >= 15 is 0 Å². The van der Waals surface area contributed by atoms with Crippen molar-refractivity contribution >= 4 is 15.7 Å². The van der Waals surface area contributed by atoms with E-state index in [0.29, 0.717) is 5.69 Å². The van der Waals surface area contributed by atoms with E-state index in [-0.39, 0.29) is 10.6 Å². The van der Waals surface area contributed by atoms with Gasteiger partial charge in [0, 0.05) is 5.69 Å². The zero-order valence-corrected chi connectivity index (χ0v) is 11.9. The predicted octanol–water partition coefficient (Wildman–Crippen LogP) is 2.94. The summed E-state index contributed by atoms with van der Waals surface area (Å²) in [4.78, 5) is -0.235. The van der Waals surface area contributed by atoms with E-state index in [1.807, 2.05) is 13.0 Å². The molecule has 0 saturated heterocycles. The summed E-state index contributed by atoms with van der Waals surface area (Å²) in [6.07, 6.45) is 0. The molecule has 106 valence electrons. The second kappa shape index (κ2) is 5.50. The first-order valence-electron chi connectivity index (χ1n) is 5.85. The monoisotopic (exact) mass is 295 g/mol. The third-order valence-corrected chi connectivity index (χ3v) is 4.09. The highest BCUT2D eigenvalue weighted by atomic mass is 32.2. The van der Waals surface area contributed by atoms with Gasteiger partial charge in [0.05, 0.1) is 7.11 Å². The van der Waals surface area contributed by atoms with Gasteiger partial charge in [0.1, 0.15) is 16.5 Å². The lowest BCUT2D eigenvalue weighted by molar-refractivity contribution is 0.401. The molecule has 0 saturated carbocycles. The first-order chi connectivity index (χ1) is 9.42. The average molecular weight is 295 g/mol. The Bertz CT molecular complexity index is 729. The Morgan fingerprint density at radius 2 is 1.90 bits per heavy atom. The Balaban J connectivity index is 2.43. The Kier molecular flexibility index (Phi) is 3.94. The van der Waals surface area contributed by atoms with Gasteiger partial charge in [0.2, 0.25) is 0 Å². The number of rotatable bonds is 4. The van der Waals surface area contributed by atoms with E-state index < -0.39 is 15.8 Å². The maximum absolute atomic E-state index is 13.3. The maximum Gasteiger partial charge on any atom is 0.265 e. The SMILES string of the molecule is COc1ccc(F)cc1S(=O)(=O)Nc1cccc(C)c1. The summed E-state index contributed by atoms with van der Waals surface area (Å²) in [5, 5.41) is 0. The normalized spacial score (nSPS) is 11.2. The summed E-state index contributed by atoms with van der Waals surface area (Å²) in [6, 6.07) is 10.2. The highest BCUT2D eigenvalue weighted by molar-refractivity contribution is 7.92. The van der Waals surface area contributed by atoms with Crippen molar-refractivity contribution < 1.29 is 17.5 Å². The van der Waals surface area contributed by atoms with Gasteiger partial charge in [-0.15, -0.1) is 0 Å². The number of nitrogens with one attached hydrogen (secondary N) is 1. The fourth-order valence-electron chi connectivity index (χ4n) is 1.78. The molecule has 20 heavy (non-hydrogen) atoms. The molecule has 2 aromatic carbocycles. The first kappa shape index (κ1) is 14.3. The van der Waals surface area contributed by atoms with Crippen LogP contribution >= 0.6 is 0 Å². The fourth-order valence-corrected chi connectivity index (χ4v) is 3.01. The zero-order valence-electron chi connectivity index (χ0n) is 11.1. The summed E-state index contributed by atoms with van der Waals surface area (Å²) in [5.41, 5.74) is 1.33. The Morgan fingerprint density at radius 3 is 2.55 bits per heavy atom. The molecule has 4 nitrogen and oxygen atoms in total. The van der Waals surface area contributed by atoms with Gasteiger partial charge < -0.3 is 4.74 Å². The van der Waals surface area contributed by atoms with Crippen LogP contribution in [0.25, 0.3) is 0 Å². The van der Waals surface area contributed by atoms with Crippen LogP contribution in [0.2, 0.25) is 0 Å². The number of ether oxygens (including phenoxy) is 1. The van der Waals surface area contributed by atoms with Crippen molar-refractivity contribution in [1.29, 1.82) is 0 Å². The fraction of sp³-hybridized carbons (Fsp3) is 0.143. The molecular formula is C14H14FNO3S. The maximum atomic E-state index is 13.3. The van der Waals surface area contributed by atoms with Gasteiger partial charge in [-0.2, -0.15) is 0 Å². The number of sulfonamides is 1. The Hall–Kier alpha value is -2.08. The minimum absolute atomic E-state index is 0.0894. The standard InChI is InChI=1S/C14H14FNO3S/c1-10-4-3-5-12(8-10)16-20(17,18)14-9-11(15)6-7-13(14)19-2/h3-9,16H,1-2H3. The van der Waals surface area contributed by atoms with Crippen molar-refractivity contribution in [2.24, 2.45) is 0 Å². The van der Waals surface area contributed by atoms with Crippen molar-refractivity contribution in [1.82, 2.24) is 0 Å². The van der Waals surface area contributed by atoms with E-state index in [0.717, 1.165) is 17.7 Å². The molecule has 0 atom stereocenters. The third-order valence-electron chi connectivity index (χ3n) is 2.69. The lowest BCUT2D eigenvalue weighted by Crippen LogP contribution is -2.14. The number of aryl methyl sites for hydroxylation is 1. The minimum atomic E-state index is -3.91. The van der Waals surface area contributed by atoms with Gasteiger partial charge in [0.15, 0.2) is 0 Å². The highest BCUT2D eigenvalue weighted by Gasteiger charge is 2.20. The zero-order chi connectivity index (χ0) is 14.8. The van der Waals surface area contributed by atoms with E-state index in [4.69, 9.17) is 4.74 Å². The van der Waals surface area contributed by atoms with Crippen molar-refractivity contribution in [3.8, 4) is 5.75 Å². The predicted molar refractivity (Wildman–Crippen MR) is 74.9 cm³/mol. The molecule has 2 rings (SSSR count). The van der Waals surface area contributed by atoms with Crippen molar-refractivity contribution in [2.75, 3.05) is 11.8 Å². The Morgan fingerprint density at radius 1 is 1.15 bits per heavy atom. The van der Waals surface area contributed by atoms with Gasteiger partial charge >= 0.3 is 0 Å². The van der Waals surface area contributed by atoms with Crippen LogP contribution in [0.3, 0.4) is 0 Å². The lowest BCUT2D eigenvalue weighted by atomic mass is 10.2. The molecule has 0 aliphatic carbocycles. The number of methoxy groups -OCH3 is 1. The summed E-state index contributed by atoms with van der Waals surface area (Å²) >= 11 is 0. The number of hydrogen-bond acceptors (Lipinski definition) is 3. The van der Waals surface area contributed by atoms with Gasteiger partial charge in [-0.3, -0.25) is 4.72 Å². The van der Waals surface area contributed by atoms with Gasteiger partial charge in [-0.1, -0.05) is 12.1 Å². The lowest BCUT2D eigenvalue weighted by Gasteiger charge is -2.12. The van der Waals surface area contributed by atoms with Gasteiger partial charge in [-0.05, 0) is 42.8 Å². The average Bonchev–Trinajstić information content (AvgIpc) is 2.38. The summed E-state index contributed by atoms with van der Waals surface area (Å²) in [5.74, 6) is -0.554. The molecule has 0 spiro atoms. The summed E-state index contributed by atoms with van der Waals surface area (Å²) in [6.45, 7) is 1.85. The summed E-state index contributed by atoms with van der Waals surface area (Å²) < 4.78 is 45.2. The van der Waals surface area contributed by atoms with Crippen LogP contribution in [0.1, 0.15) is 5.56 Å². The number of anilines is 1. The van der Waals surface area contributed by atoms with Crippen molar-refractivity contribution in [3.63, 3.8) is 0 Å². The van der Waals surface area contributed by atoms with E-state index in [1.165, 1.54) is 13.2 Å². The largest absolute Gasteiger partial charge is 0.495 e. The van der Waals surface area contributed by atoms with Crippen LogP contribution in [0.4, 0.5) is 10.1 Å². The van der Waals surface area contributed by atoms with E-state index in [1.54, 1.807) is 18.2 Å². The van der Waals surface area contributed by atoms with Crippen LogP contribution in [0, 0.1) is 12.7 Å². The number of hydrogen-bond donors (Lipinski definition) is 1. The minimum Gasteiger partial charge on any atom is -0.495 e. The third kappa shape index (κ3) is 3.08. The van der Waals surface area contributed by atoms with Crippen LogP contribution in [0.5, 0.6) is 5.75 Å². The molecule has 1 N–H and O–H groups in total. The topological polar surface area (TPSA) is 55.4 Å². The molecule has 0 radical (unpaired) electrons. The molecule has 6 heteroatoms. The smallest absolute Gasteiger partial charge is 0.265 e. The molecule has 0 bridgehead atoms. The van der Waals surface area contributed by atoms with Crippen LogP contribution in [-0.4, -0.2) is 15.5 Å². The molecule has 0 amide bonds. The number of benzene rings is 2. The second-order valence-corrected chi connectivity index (χ2v) is 5.92. The molecule has 0 aliphatic heterocycles. The van der Waals surface area contributed by atoms with Crippen LogP contribution in [0.15, 0.2) is 47.4 Å². The molecule has 2 aromatic rings. The molecule has 0 fully saturated rings. The molecule has 0 unspecified atom stereocenters. The first-order valence-corrected chi connectivity index (χ1v) is 7.34. The molecule has 0 heterocycles. The van der Waals surface area contributed by atoms with Gasteiger partial charge in [-0.25, -0.2) is 12.8 Å². The highest BCUT2D eigenvalue weighted by Crippen LogP contribution is 2.26.